The van der Waals surface area contributed by atoms with Crippen LogP contribution in [0.15, 0.2) is 36.9 Å². The Morgan fingerprint density at radius 3 is 2.62 bits per heavy atom. The summed E-state index contributed by atoms with van der Waals surface area (Å²) in [4.78, 5) is 24.2. The van der Waals surface area contributed by atoms with E-state index in [1.54, 1.807) is 35.9 Å². The Morgan fingerprint density at radius 1 is 1.31 bits per heavy atom. The molecule has 0 unspecified atom stereocenters. The van der Waals surface area contributed by atoms with E-state index in [9.17, 15) is 9.59 Å². The van der Waals surface area contributed by atoms with E-state index in [1.165, 1.54) is 0 Å². The topological polar surface area (TPSA) is 76.0 Å². The molecule has 0 spiro atoms. The van der Waals surface area contributed by atoms with E-state index >= 15 is 0 Å². The molecule has 0 radical (unpaired) electrons. The first-order valence-corrected chi connectivity index (χ1v) is 8.73. The highest BCUT2D eigenvalue weighted by Gasteiger charge is 2.19. The van der Waals surface area contributed by atoms with Crippen LogP contribution < -0.4 is 10.6 Å². The zero-order chi connectivity index (χ0) is 19.3. The number of hydrogen-bond acceptors (Lipinski definition) is 3. The predicted octanol–water partition coefficient (Wildman–Crippen LogP) is 4.26. The molecule has 1 aromatic heterocycles. The summed E-state index contributed by atoms with van der Waals surface area (Å²) in [6.45, 7) is 9.15. The van der Waals surface area contributed by atoms with Crippen LogP contribution in [0.5, 0.6) is 0 Å². The first kappa shape index (κ1) is 19.7. The first-order valence-electron chi connectivity index (χ1n) is 8.35. The highest BCUT2D eigenvalue weighted by molar-refractivity contribution is 6.34. The summed E-state index contributed by atoms with van der Waals surface area (Å²) < 4.78 is 1.67. The number of hydrogen-bond donors (Lipinski definition) is 2. The molecule has 0 saturated carbocycles. The molecule has 0 fully saturated rings. The molecule has 2 rings (SSSR count). The maximum absolute atomic E-state index is 12.5. The summed E-state index contributed by atoms with van der Waals surface area (Å²) in [6.07, 6.45) is 2.66. The number of allylic oxidation sites excluding steroid dienone is 1. The van der Waals surface area contributed by atoms with Crippen LogP contribution in [0.1, 0.15) is 37.2 Å². The number of nitrogens with zero attached hydrogens (tertiary/aromatic N) is 2. The van der Waals surface area contributed by atoms with Gasteiger partial charge in [-0.25, -0.2) is 0 Å². The third-order valence-electron chi connectivity index (χ3n) is 3.88. The maximum Gasteiger partial charge on any atom is 0.248 e. The first-order chi connectivity index (χ1) is 12.3. The number of anilines is 2. The second-order valence-corrected chi connectivity index (χ2v) is 6.51. The smallest absolute Gasteiger partial charge is 0.248 e. The number of aromatic nitrogens is 2. The Hall–Kier alpha value is -2.60. The third-order valence-corrected chi connectivity index (χ3v) is 4.19. The number of carbonyl (C=O) groups excluding carboxylic acids is 2. The molecule has 138 valence electrons. The molecule has 1 heterocycles. The molecular weight excluding hydrogens is 352 g/mol. The van der Waals surface area contributed by atoms with E-state index in [2.05, 4.69) is 22.3 Å². The fourth-order valence-corrected chi connectivity index (χ4v) is 2.77. The molecule has 7 heteroatoms. The van der Waals surface area contributed by atoms with E-state index in [-0.39, 0.29) is 11.8 Å². The van der Waals surface area contributed by atoms with Gasteiger partial charge in [0.1, 0.15) is 6.04 Å². The van der Waals surface area contributed by atoms with Crippen LogP contribution in [0.4, 0.5) is 11.4 Å². The second-order valence-electron chi connectivity index (χ2n) is 6.11. The van der Waals surface area contributed by atoms with Crippen LogP contribution in [0.2, 0.25) is 5.02 Å². The van der Waals surface area contributed by atoms with E-state index in [0.29, 0.717) is 29.2 Å². The molecule has 1 aromatic carbocycles. The summed E-state index contributed by atoms with van der Waals surface area (Å²) in [6, 6.07) is 6.41. The van der Waals surface area contributed by atoms with Gasteiger partial charge in [0.2, 0.25) is 11.8 Å². The van der Waals surface area contributed by atoms with Crippen LogP contribution >= 0.6 is 11.6 Å². The number of aryl methyl sites for hydroxylation is 2. The van der Waals surface area contributed by atoms with Crippen molar-refractivity contribution in [1.82, 2.24) is 9.78 Å². The quantitative estimate of drug-likeness (QED) is 0.711. The Labute approximate surface area is 158 Å². The van der Waals surface area contributed by atoms with Crippen molar-refractivity contribution in [2.45, 2.75) is 39.7 Å². The van der Waals surface area contributed by atoms with Gasteiger partial charge in [-0.2, -0.15) is 5.10 Å². The van der Waals surface area contributed by atoms with Crippen molar-refractivity contribution in [3.63, 3.8) is 0 Å². The van der Waals surface area contributed by atoms with Crippen molar-refractivity contribution < 1.29 is 9.59 Å². The van der Waals surface area contributed by atoms with Crippen LogP contribution in [0.3, 0.4) is 0 Å². The van der Waals surface area contributed by atoms with Gasteiger partial charge in [-0.3, -0.25) is 14.3 Å². The largest absolute Gasteiger partial charge is 0.326 e. The monoisotopic (exact) mass is 374 g/mol. The fourth-order valence-electron chi connectivity index (χ4n) is 2.54. The second kappa shape index (κ2) is 8.67. The lowest BCUT2D eigenvalue weighted by Crippen LogP contribution is -2.25. The van der Waals surface area contributed by atoms with Crippen molar-refractivity contribution in [1.29, 1.82) is 0 Å². The van der Waals surface area contributed by atoms with Crippen molar-refractivity contribution in [3.8, 4) is 0 Å². The molecule has 0 saturated heterocycles. The van der Waals surface area contributed by atoms with E-state index in [1.807, 2.05) is 19.9 Å². The van der Waals surface area contributed by atoms with Crippen LogP contribution in [0.25, 0.3) is 0 Å². The normalized spacial score (nSPS) is 11.7. The summed E-state index contributed by atoms with van der Waals surface area (Å²) in [5.74, 6) is -0.336. The number of rotatable bonds is 7. The lowest BCUT2D eigenvalue weighted by atomic mass is 10.2. The average molecular weight is 375 g/mol. The van der Waals surface area contributed by atoms with Gasteiger partial charge >= 0.3 is 0 Å². The van der Waals surface area contributed by atoms with Crippen LogP contribution in [0, 0.1) is 13.8 Å². The SMILES string of the molecule is C=CCCC(=O)Nc1ccc(NC(=O)[C@@H](C)n2nc(C)cc2C)c(Cl)c1. The average Bonchev–Trinajstić information content (AvgIpc) is 2.93. The Bertz CT molecular complexity index is 829. The van der Waals surface area contributed by atoms with Crippen molar-refractivity contribution in [2.75, 3.05) is 10.6 Å². The van der Waals surface area contributed by atoms with Gasteiger partial charge in [-0.05, 0) is 51.5 Å². The molecule has 2 aromatic rings. The zero-order valence-electron chi connectivity index (χ0n) is 15.2. The van der Waals surface area contributed by atoms with Crippen molar-refractivity contribution >= 4 is 34.8 Å². The van der Waals surface area contributed by atoms with E-state index in [0.717, 1.165) is 11.4 Å². The molecule has 6 nitrogen and oxygen atoms in total. The number of benzene rings is 1. The van der Waals surface area contributed by atoms with Gasteiger partial charge in [0.15, 0.2) is 0 Å². The van der Waals surface area contributed by atoms with Gasteiger partial charge in [-0.15, -0.1) is 6.58 Å². The van der Waals surface area contributed by atoms with E-state index in [4.69, 9.17) is 11.6 Å². The minimum Gasteiger partial charge on any atom is -0.326 e. The van der Waals surface area contributed by atoms with Gasteiger partial charge in [0.05, 0.1) is 16.4 Å². The molecule has 0 aliphatic carbocycles. The van der Waals surface area contributed by atoms with Gasteiger partial charge in [0, 0.05) is 17.8 Å². The molecule has 0 aliphatic rings. The van der Waals surface area contributed by atoms with Crippen LogP contribution in [-0.4, -0.2) is 21.6 Å². The minimum atomic E-state index is -0.474. The number of carbonyl (C=O) groups is 2. The molecule has 1 atom stereocenters. The van der Waals surface area contributed by atoms with Gasteiger partial charge in [0.25, 0.3) is 0 Å². The molecular formula is C19H23ClN4O2. The fraction of sp³-hybridized carbons (Fsp3) is 0.316. The van der Waals surface area contributed by atoms with E-state index < -0.39 is 6.04 Å². The zero-order valence-corrected chi connectivity index (χ0v) is 15.9. The highest BCUT2D eigenvalue weighted by atomic mass is 35.5. The lowest BCUT2D eigenvalue weighted by molar-refractivity contribution is -0.119. The molecule has 0 bridgehead atoms. The number of halogens is 1. The lowest BCUT2D eigenvalue weighted by Gasteiger charge is -2.16. The molecule has 26 heavy (non-hydrogen) atoms. The predicted molar refractivity (Wildman–Crippen MR) is 105 cm³/mol. The molecule has 2 amide bonds. The summed E-state index contributed by atoms with van der Waals surface area (Å²) in [5.41, 5.74) is 2.83. The maximum atomic E-state index is 12.5. The Kier molecular flexibility index (Phi) is 6.58. The molecule has 2 N–H and O–H groups in total. The van der Waals surface area contributed by atoms with Gasteiger partial charge < -0.3 is 10.6 Å². The van der Waals surface area contributed by atoms with Crippen LogP contribution in [-0.2, 0) is 9.59 Å². The van der Waals surface area contributed by atoms with Crippen molar-refractivity contribution in [2.24, 2.45) is 0 Å². The minimum absolute atomic E-state index is 0.115. The molecule has 0 aliphatic heterocycles. The summed E-state index contributed by atoms with van der Waals surface area (Å²) >= 11 is 6.24. The Balaban J connectivity index is 2.05. The third kappa shape index (κ3) is 4.95. The van der Waals surface area contributed by atoms with Crippen molar-refractivity contribution in [3.05, 3.63) is 53.3 Å². The summed E-state index contributed by atoms with van der Waals surface area (Å²) in [7, 11) is 0. The summed E-state index contributed by atoms with van der Waals surface area (Å²) in [5, 5.41) is 10.2. The number of nitrogens with one attached hydrogen (secondary N) is 2. The van der Waals surface area contributed by atoms with Gasteiger partial charge in [-0.1, -0.05) is 17.7 Å². The standard InChI is InChI=1S/C19H23ClN4O2/c1-5-6-7-18(25)21-15-8-9-17(16(20)11-15)22-19(26)14(4)24-13(3)10-12(2)23-24/h5,8-11,14H,1,6-7H2,2-4H3,(H,21,25)(H,22,26)/t14-/m1/s1. The highest BCUT2D eigenvalue weighted by Crippen LogP contribution is 2.26. The number of amides is 2. The Morgan fingerprint density at radius 2 is 2.04 bits per heavy atom.